The molecular weight excluding hydrogens is 284 g/mol. The second kappa shape index (κ2) is 7.51. The Hall–Kier alpha value is -0.720. The molecule has 2 fully saturated rings. The summed E-state index contributed by atoms with van der Waals surface area (Å²) in [5, 5.41) is 1.07. The topological polar surface area (TPSA) is 41.5 Å². The predicted molar refractivity (Wildman–Crippen MR) is 85.9 cm³/mol. The molecule has 1 aromatic rings. The van der Waals surface area contributed by atoms with E-state index >= 15 is 0 Å². The maximum atomic E-state index is 5.11. The van der Waals surface area contributed by atoms with Crippen LogP contribution < -0.4 is 4.90 Å². The van der Waals surface area contributed by atoms with Crippen molar-refractivity contribution in [2.45, 2.75) is 51.2 Å². The molecule has 0 saturated carbocycles. The zero-order chi connectivity index (χ0) is 14.5. The molecule has 1 unspecified atom stereocenters. The van der Waals surface area contributed by atoms with Crippen LogP contribution in [0.5, 0.6) is 0 Å². The molecule has 0 spiro atoms. The molecule has 6 heteroatoms. The average Bonchev–Trinajstić information content (AvgIpc) is 2.82. The summed E-state index contributed by atoms with van der Waals surface area (Å²) in [5.41, 5.74) is 0. The number of rotatable bonds is 4. The molecule has 0 radical (unpaired) electrons. The van der Waals surface area contributed by atoms with Gasteiger partial charge < -0.3 is 9.64 Å². The van der Waals surface area contributed by atoms with Crippen molar-refractivity contribution < 1.29 is 4.74 Å². The molecule has 0 aliphatic carbocycles. The highest BCUT2D eigenvalue weighted by molar-refractivity contribution is 7.09. The molecule has 2 aliphatic heterocycles. The van der Waals surface area contributed by atoms with Gasteiger partial charge in [-0.25, -0.2) is 4.98 Å². The number of piperidine rings is 1. The third-order valence-corrected chi connectivity index (χ3v) is 5.37. The van der Waals surface area contributed by atoms with Gasteiger partial charge in [-0.1, -0.05) is 12.8 Å². The molecule has 1 aromatic heterocycles. The van der Waals surface area contributed by atoms with Gasteiger partial charge >= 0.3 is 0 Å². The van der Waals surface area contributed by atoms with E-state index in [1.54, 1.807) is 7.11 Å². The lowest BCUT2D eigenvalue weighted by Crippen LogP contribution is -2.48. The summed E-state index contributed by atoms with van der Waals surface area (Å²) in [5.74, 6) is 0.814. The van der Waals surface area contributed by atoms with Crippen LogP contribution in [0.4, 0.5) is 5.13 Å². The van der Waals surface area contributed by atoms with Crippen LogP contribution in [0.25, 0.3) is 0 Å². The fraction of sp³-hybridized carbons (Fsp3) is 0.867. The Kier molecular flexibility index (Phi) is 5.43. The van der Waals surface area contributed by atoms with Crippen molar-refractivity contribution in [2.24, 2.45) is 0 Å². The minimum absolute atomic E-state index is 0.514. The standard InChI is InChI=1S/C15H26N4OS/c1-20-12-14-16-15(21-17-14)19-10-6-7-13(11-19)18-8-4-2-3-5-9-18/h13H,2-12H2,1H3. The maximum Gasteiger partial charge on any atom is 0.205 e. The van der Waals surface area contributed by atoms with E-state index in [0.717, 1.165) is 24.0 Å². The average molecular weight is 310 g/mol. The Morgan fingerprint density at radius 2 is 1.95 bits per heavy atom. The Morgan fingerprint density at radius 1 is 1.14 bits per heavy atom. The van der Waals surface area contributed by atoms with Gasteiger partial charge in [0.15, 0.2) is 5.82 Å². The van der Waals surface area contributed by atoms with Crippen molar-refractivity contribution in [3.8, 4) is 0 Å². The maximum absolute atomic E-state index is 5.11. The Labute approximate surface area is 131 Å². The Bertz CT molecular complexity index is 431. The molecule has 3 heterocycles. The van der Waals surface area contributed by atoms with Gasteiger partial charge in [0.05, 0.1) is 0 Å². The van der Waals surface area contributed by atoms with Crippen molar-refractivity contribution in [3.05, 3.63) is 5.82 Å². The molecule has 0 N–H and O–H groups in total. The van der Waals surface area contributed by atoms with Crippen molar-refractivity contribution in [2.75, 3.05) is 38.2 Å². The first-order valence-corrected chi connectivity index (χ1v) is 8.94. The fourth-order valence-electron chi connectivity index (χ4n) is 3.45. The van der Waals surface area contributed by atoms with Crippen molar-refractivity contribution >= 4 is 16.7 Å². The van der Waals surface area contributed by atoms with E-state index in [4.69, 9.17) is 4.74 Å². The number of likely N-dealkylation sites (tertiary alicyclic amines) is 1. The lowest BCUT2D eigenvalue weighted by molar-refractivity contribution is 0.178. The second-order valence-electron chi connectivity index (χ2n) is 6.12. The summed E-state index contributed by atoms with van der Waals surface area (Å²) in [6.07, 6.45) is 8.15. The van der Waals surface area contributed by atoms with Crippen LogP contribution in [0.15, 0.2) is 0 Å². The third kappa shape index (κ3) is 3.93. The van der Waals surface area contributed by atoms with E-state index in [2.05, 4.69) is 19.2 Å². The van der Waals surface area contributed by atoms with Crippen molar-refractivity contribution in [1.29, 1.82) is 0 Å². The predicted octanol–water partition coefficient (Wildman–Crippen LogP) is 2.53. The zero-order valence-electron chi connectivity index (χ0n) is 13.0. The molecule has 5 nitrogen and oxygen atoms in total. The summed E-state index contributed by atoms with van der Waals surface area (Å²) in [6, 6.07) is 0.701. The van der Waals surface area contributed by atoms with Crippen LogP contribution in [-0.4, -0.2) is 53.6 Å². The van der Waals surface area contributed by atoms with Crippen molar-refractivity contribution in [3.63, 3.8) is 0 Å². The Morgan fingerprint density at radius 3 is 2.71 bits per heavy atom. The van der Waals surface area contributed by atoms with E-state index < -0.39 is 0 Å². The highest BCUT2D eigenvalue weighted by atomic mass is 32.1. The smallest absolute Gasteiger partial charge is 0.205 e. The second-order valence-corrected chi connectivity index (χ2v) is 6.85. The number of anilines is 1. The molecule has 2 aliphatic rings. The van der Waals surface area contributed by atoms with Gasteiger partial charge in [0.1, 0.15) is 6.61 Å². The third-order valence-electron chi connectivity index (χ3n) is 4.55. The van der Waals surface area contributed by atoms with Crippen LogP contribution >= 0.6 is 11.5 Å². The quantitative estimate of drug-likeness (QED) is 0.855. The molecule has 0 aromatic carbocycles. The van der Waals surface area contributed by atoms with Gasteiger partial charge in [-0.3, -0.25) is 4.90 Å². The number of ether oxygens (including phenoxy) is 1. The molecule has 0 amide bonds. The number of nitrogens with zero attached hydrogens (tertiary/aromatic N) is 4. The molecule has 0 bridgehead atoms. The van der Waals surface area contributed by atoms with Crippen LogP contribution in [-0.2, 0) is 11.3 Å². The van der Waals surface area contributed by atoms with E-state index in [-0.39, 0.29) is 0 Å². The molecular formula is C15H26N4OS. The monoisotopic (exact) mass is 310 g/mol. The summed E-state index contributed by atoms with van der Waals surface area (Å²) >= 11 is 1.52. The van der Waals surface area contributed by atoms with Gasteiger partial charge in [0.2, 0.25) is 5.13 Å². The minimum Gasteiger partial charge on any atom is -0.377 e. The van der Waals surface area contributed by atoms with Crippen molar-refractivity contribution in [1.82, 2.24) is 14.3 Å². The lowest BCUT2D eigenvalue weighted by atomic mass is 10.0. The van der Waals surface area contributed by atoms with E-state index in [1.165, 1.54) is 63.1 Å². The van der Waals surface area contributed by atoms with E-state index in [9.17, 15) is 0 Å². The largest absolute Gasteiger partial charge is 0.377 e. The molecule has 3 rings (SSSR count). The number of methoxy groups -OCH3 is 1. The van der Waals surface area contributed by atoms with Gasteiger partial charge in [-0.2, -0.15) is 4.37 Å². The highest BCUT2D eigenvalue weighted by Gasteiger charge is 2.27. The summed E-state index contributed by atoms with van der Waals surface area (Å²) in [6.45, 7) is 5.31. The first kappa shape index (κ1) is 15.2. The number of hydrogen-bond donors (Lipinski definition) is 0. The number of aromatic nitrogens is 2. The van der Waals surface area contributed by atoms with Gasteiger partial charge in [0.25, 0.3) is 0 Å². The number of hydrogen-bond acceptors (Lipinski definition) is 6. The summed E-state index contributed by atoms with van der Waals surface area (Å²) < 4.78 is 9.50. The normalized spacial score (nSPS) is 25.0. The SMILES string of the molecule is COCc1nsc(N2CCCC(N3CCCCCC3)C2)n1. The van der Waals surface area contributed by atoms with E-state index in [0.29, 0.717) is 12.6 Å². The fourth-order valence-corrected chi connectivity index (χ4v) is 4.16. The molecule has 2 saturated heterocycles. The zero-order valence-corrected chi connectivity index (χ0v) is 13.8. The van der Waals surface area contributed by atoms with E-state index in [1.807, 2.05) is 0 Å². The van der Waals surface area contributed by atoms with Crippen LogP contribution in [0.1, 0.15) is 44.3 Å². The lowest BCUT2D eigenvalue weighted by Gasteiger charge is -2.38. The van der Waals surface area contributed by atoms with Gasteiger partial charge in [-0.05, 0) is 38.8 Å². The molecule has 118 valence electrons. The molecule has 1 atom stereocenters. The summed E-state index contributed by atoms with van der Waals surface area (Å²) in [4.78, 5) is 9.76. The first-order valence-electron chi connectivity index (χ1n) is 8.17. The van der Waals surface area contributed by atoms with Crippen LogP contribution in [0, 0.1) is 0 Å². The Balaban J connectivity index is 1.61. The van der Waals surface area contributed by atoms with Crippen LogP contribution in [0.2, 0.25) is 0 Å². The minimum atomic E-state index is 0.514. The first-order chi connectivity index (χ1) is 10.4. The van der Waals surface area contributed by atoms with Gasteiger partial charge in [0, 0.05) is 37.8 Å². The highest BCUT2D eigenvalue weighted by Crippen LogP contribution is 2.25. The molecule has 21 heavy (non-hydrogen) atoms. The van der Waals surface area contributed by atoms with Gasteiger partial charge in [-0.15, -0.1) is 0 Å². The summed E-state index contributed by atoms with van der Waals surface area (Å²) in [7, 11) is 1.69. The van der Waals surface area contributed by atoms with Crippen LogP contribution in [0.3, 0.4) is 0 Å².